The number of anilines is 1. The molecule has 3 aromatic carbocycles. The second-order valence-electron chi connectivity index (χ2n) is 7.44. The van der Waals surface area contributed by atoms with Gasteiger partial charge in [0, 0.05) is 27.4 Å². The van der Waals surface area contributed by atoms with Crippen LogP contribution in [0.5, 0.6) is 5.75 Å². The van der Waals surface area contributed by atoms with Crippen LogP contribution in [0.25, 0.3) is 0 Å². The Kier molecular flexibility index (Phi) is 7.38. The lowest BCUT2D eigenvalue weighted by atomic mass is 10.1. The van der Waals surface area contributed by atoms with Crippen LogP contribution in [0, 0.1) is 6.92 Å². The average Bonchev–Trinajstić information content (AvgIpc) is 3.13. The zero-order valence-electron chi connectivity index (χ0n) is 17.7. The Labute approximate surface area is 210 Å². The summed E-state index contributed by atoms with van der Waals surface area (Å²) in [6, 6.07) is 22.1. The van der Waals surface area contributed by atoms with Crippen molar-refractivity contribution in [3.05, 3.63) is 110 Å². The summed E-state index contributed by atoms with van der Waals surface area (Å²) in [7, 11) is 0. The third kappa shape index (κ3) is 5.96. The average molecular weight is 545 g/mol. The summed E-state index contributed by atoms with van der Waals surface area (Å²) in [5.74, 6) is 0.971. The van der Waals surface area contributed by atoms with Gasteiger partial charge in [0.05, 0.1) is 11.0 Å². The van der Waals surface area contributed by atoms with Crippen LogP contribution in [-0.2, 0) is 13.2 Å². The number of nitrogens with zero attached hydrogens (tertiary/aromatic N) is 2. The van der Waals surface area contributed by atoms with Crippen LogP contribution < -0.4 is 10.1 Å². The number of rotatable bonds is 7. The van der Waals surface area contributed by atoms with Gasteiger partial charge in [-0.15, -0.1) is 0 Å². The zero-order chi connectivity index (χ0) is 23.4. The largest absolute Gasteiger partial charge is 0.488 e. The molecule has 0 radical (unpaired) electrons. The molecule has 4 rings (SSSR count). The van der Waals surface area contributed by atoms with E-state index in [1.54, 1.807) is 22.9 Å². The molecular weight excluding hydrogens is 525 g/mol. The molecule has 0 aliphatic carbocycles. The van der Waals surface area contributed by atoms with Gasteiger partial charge in [0.2, 0.25) is 0 Å². The number of aryl methyl sites for hydroxylation is 1. The minimum atomic E-state index is -0.244. The molecule has 0 unspecified atom stereocenters. The van der Waals surface area contributed by atoms with Gasteiger partial charge < -0.3 is 10.1 Å². The third-order valence-corrected chi connectivity index (χ3v) is 6.22. The first kappa shape index (κ1) is 23.4. The molecule has 0 saturated carbocycles. The van der Waals surface area contributed by atoms with Crippen molar-refractivity contribution in [2.24, 2.45) is 0 Å². The molecule has 0 saturated heterocycles. The van der Waals surface area contributed by atoms with Gasteiger partial charge in [0.25, 0.3) is 5.91 Å². The second-order valence-corrected chi connectivity index (χ2v) is 9.14. The number of aromatic nitrogens is 2. The van der Waals surface area contributed by atoms with Crippen LogP contribution in [0.2, 0.25) is 10.0 Å². The van der Waals surface area contributed by atoms with Crippen molar-refractivity contribution < 1.29 is 9.53 Å². The second kappa shape index (κ2) is 10.4. The first-order valence-corrected chi connectivity index (χ1v) is 11.7. The highest BCUT2D eigenvalue weighted by molar-refractivity contribution is 9.10. The van der Waals surface area contributed by atoms with Crippen molar-refractivity contribution in [3.63, 3.8) is 0 Å². The maximum Gasteiger partial charge on any atom is 0.256 e. The van der Waals surface area contributed by atoms with Gasteiger partial charge in [-0.1, -0.05) is 53.5 Å². The van der Waals surface area contributed by atoms with Gasteiger partial charge in [0.1, 0.15) is 12.4 Å². The van der Waals surface area contributed by atoms with Gasteiger partial charge in [-0.25, -0.2) is 0 Å². The summed E-state index contributed by atoms with van der Waals surface area (Å²) in [5, 5.41) is 8.53. The van der Waals surface area contributed by atoms with Crippen LogP contribution in [0.3, 0.4) is 0 Å². The van der Waals surface area contributed by atoms with Crippen LogP contribution in [0.4, 0.5) is 5.82 Å². The Hall–Kier alpha value is -2.80. The normalized spacial score (nSPS) is 10.8. The van der Waals surface area contributed by atoms with Crippen LogP contribution >= 0.6 is 39.1 Å². The monoisotopic (exact) mass is 543 g/mol. The van der Waals surface area contributed by atoms with Crippen molar-refractivity contribution >= 4 is 50.9 Å². The molecule has 1 heterocycles. The topological polar surface area (TPSA) is 56.1 Å². The summed E-state index contributed by atoms with van der Waals surface area (Å²) >= 11 is 15.7. The first-order valence-electron chi connectivity index (χ1n) is 10.1. The SMILES string of the molecule is Cc1cc(NC(=O)c2cccc(COc3ccccc3Br)c2)nn1Cc1ccc(Cl)cc1Cl. The van der Waals surface area contributed by atoms with E-state index in [1.165, 1.54) is 0 Å². The summed E-state index contributed by atoms with van der Waals surface area (Å²) in [6.45, 7) is 2.74. The number of ether oxygens (including phenoxy) is 1. The third-order valence-electron chi connectivity index (χ3n) is 4.98. The summed E-state index contributed by atoms with van der Waals surface area (Å²) in [6.07, 6.45) is 0. The molecule has 0 aliphatic rings. The summed E-state index contributed by atoms with van der Waals surface area (Å²) < 4.78 is 8.52. The van der Waals surface area contributed by atoms with Crippen LogP contribution in [0.1, 0.15) is 27.2 Å². The number of halogens is 3. The smallest absolute Gasteiger partial charge is 0.256 e. The van der Waals surface area contributed by atoms with Crippen LogP contribution in [0.15, 0.2) is 77.3 Å². The molecule has 1 aromatic heterocycles. The minimum absolute atomic E-state index is 0.244. The van der Waals surface area contributed by atoms with E-state index in [9.17, 15) is 4.79 Å². The molecule has 5 nitrogen and oxygen atoms in total. The standard InChI is InChI=1S/C25H20BrCl2N3O2/c1-16-11-24(30-31(16)14-19-9-10-20(27)13-22(19)28)29-25(32)18-6-4-5-17(12-18)15-33-23-8-3-2-7-21(23)26/h2-13H,14-15H2,1H3,(H,29,30,32). The number of hydrogen-bond donors (Lipinski definition) is 1. The quantitative estimate of drug-likeness (QED) is 0.269. The molecule has 0 bridgehead atoms. The number of hydrogen-bond acceptors (Lipinski definition) is 3. The maximum atomic E-state index is 12.8. The fourth-order valence-electron chi connectivity index (χ4n) is 3.26. The van der Waals surface area contributed by atoms with Gasteiger partial charge in [-0.05, 0) is 70.4 Å². The molecule has 0 spiro atoms. The fraction of sp³-hybridized carbons (Fsp3) is 0.120. The van der Waals surface area contributed by atoms with E-state index in [0.29, 0.717) is 34.6 Å². The number of carbonyl (C=O) groups excluding carboxylic acids is 1. The number of nitrogens with one attached hydrogen (secondary N) is 1. The van der Waals surface area contributed by atoms with Gasteiger partial charge in [0.15, 0.2) is 5.82 Å². The molecule has 0 aliphatic heterocycles. The van der Waals surface area contributed by atoms with Gasteiger partial charge in [-0.2, -0.15) is 5.10 Å². The Balaban J connectivity index is 1.42. The van der Waals surface area contributed by atoms with Gasteiger partial charge >= 0.3 is 0 Å². The molecular formula is C25H20BrCl2N3O2. The van der Waals surface area contributed by atoms with Crippen molar-refractivity contribution in [1.29, 1.82) is 0 Å². The number of carbonyl (C=O) groups is 1. The molecule has 1 amide bonds. The van der Waals surface area contributed by atoms with Crippen LogP contribution in [-0.4, -0.2) is 15.7 Å². The van der Waals surface area contributed by atoms with Crippen molar-refractivity contribution in [1.82, 2.24) is 9.78 Å². The molecule has 168 valence electrons. The van der Waals surface area contributed by atoms with E-state index < -0.39 is 0 Å². The predicted molar refractivity (Wildman–Crippen MR) is 135 cm³/mol. The van der Waals surface area contributed by atoms with E-state index in [-0.39, 0.29) is 5.91 Å². The molecule has 4 aromatic rings. The lowest BCUT2D eigenvalue weighted by Crippen LogP contribution is -2.13. The van der Waals surface area contributed by atoms with Crippen molar-refractivity contribution in [2.45, 2.75) is 20.1 Å². The highest BCUT2D eigenvalue weighted by Gasteiger charge is 2.12. The molecule has 8 heteroatoms. The lowest BCUT2D eigenvalue weighted by Gasteiger charge is -2.09. The van der Waals surface area contributed by atoms with Gasteiger partial charge in [-0.3, -0.25) is 9.48 Å². The predicted octanol–water partition coefficient (Wildman–Crippen LogP) is 7.14. The number of para-hydroxylation sites is 1. The van der Waals surface area contributed by atoms with E-state index in [4.69, 9.17) is 27.9 Å². The summed E-state index contributed by atoms with van der Waals surface area (Å²) in [4.78, 5) is 12.8. The first-order chi connectivity index (χ1) is 15.9. The number of amides is 1. The molecule has 33 heavy (non-hydrogen) atoms. The lowest BCUT2D eigenvalue weighted by molar-refractivity contribution is 0.102. The van der Waals surface area contributed by atoms with Crippen molar-refractivity contribution in [2.75, 3.05) is 5.32 Å². The molecule has 1 N–H and O–H groups in total. The Bertz CT molecular complexity index is 1310. The van der Waals surface area contributed by atoms with E-state index >= 15 is 0 Å². The summed E-state index contributed by atoms with van der Waals surface area (Å²) in [5.41, 5.74) is 3.20. The Morgan fingerprint density at radius 2 is 1.88 bits per heavy atom. The fourth-order valence-corrected chi connectivity index (χ4v) is 4.12. The molecule has 0 atom stereocenters. The minimum Gasteiger partial charge on any atom is -0.488 e. The molecule has 0 fully saturated rings. The highest BCUT2D eigenvalue weighted by Crippen LogP contribution is 2.25. The maximum absolute atomic E-state index is 12.8. The Morgan fingerprint density at radius 1 is 1.06 bits per heavy atom. The van der Waals surface area contributed by atoms with E-state index in [0.717, 1.165) is 27.0 Å². The zero-order valence-corrected chi connectivity index (χ0v) is 20.8. The van der Waals surface area contributed by atoms with E-state index in [2.05, 4.69) is 26.3 Å². The van der Waals surface area contributed by atoms with E-state index in [1.807, 2.05) is 61.5 Å². The Morgan fingerprint density at radius 3 is 2.67 bits per heavy atom. The highest BCUT2D eigenvalue weighted by atomic mass is 79.9. The number of benzene rings is 3. The van der Waals surface area contributed by atoms with Crippen molar-refractivity contribution in [3.8, 4) is 5.75 Å².